The molecule has 0 aromatic heterocycles. The van der Waals surface area contributed by atoms with Gasteiger partial charge < -0.3 is 14.7 Å². The molecule has 116 valence electrons. The second-order valence-corrected chi connectivity index (χ2v) is 5.99. The molecule has 0 fully saturated rings. The number of aromatic carboxylic acids is 1. The van der Waals surface area contributed by atoms with Crippen LogP contribution in [0.15, 0.2) is 18.2 Å². The molecule has 0 unspecified atom stereocenters. The maximum atomic E-state index is 11.9. The highest BCUT2D eigenvalue weighted by atomic mass is 16.6. The summed E-state index contributed by atoms with van der Waals surface area (Å²) in [5.74, 6) is -0.932. The smallest absolute Gasteiger partial charge is 0.410 e. The van der Waals surface area contributed by atoms with E-state index in [1.807, 2.05) is 33.8 Å². The van der Waals surface area contributed by atoms with Gasteiger partial charge >= 0.3 is 12.1 Å². The monoisotopic (exact) mass is 293 g/mol. The third-order valence-corrected chi connectivity index (χ3v) is 2.91. The maximum Gasteiger partial charge on any atom is 0.410 e. The SMILES string of the molecule is CCc1cc(CN(C)C(=O)OC(C)(C)C)ccc1C(=O)O. The quantitative estimate of drug-likeness (QED) is 0.924. The van der Waals surface area contributed by atoms with Crippen LogP contribution < -0.4 is 0 Å². The van der Waals surface area contributed by atoms with E-state index in [4.69, 9.17) is 9.84 Å². The summed E-state index contributed by atoms with van der Waals surface area (Å²) in [4.78, 5) is 24.5. The van der Waals surface area contributed by atoms with Crippen molar-refractivity contribution in [3.63, 3.8) is 0 Å². The van der Waals surface area contributed by atoms with Crippen LogP contribution in [0.2, 0.25) is 0 Å². The summed E-state index contributed by atoms with van der Waals surface area (Å²) in [6.07, 6.45) is 0.230. The molecule has 21 heavy (non-hydrogen) atoms. The number of benzene rings is 1. The highest BCUT2D eigenvalue weighted by molar-refractivity contribution is 5.89. The second-order valence-electron chi connectivity index (χ2n) is 5.99. The second kappa shape index (κ2) is 6.61. The van der Waals surface area contributed by atoms with Crippen LogP contribution in [0.5, 0.6) is 0 Å². The fourth-order valence-corrected chi connectivity index (χ4v) is 1.92. The van der Waals surface area contributed by atoms with E-state index < -0.39 is 17.7 Å². The van der Waals surface area contributed by atoms with Crippen molar-refractivity contribution in [2.45, 2.75) is 46.3 Å². The van der Waals surface area contributed by atoms with Crippen LogP contribution in [0.3, 0.4) is 0 Å². The van der Waals surface area contributed by atoms with E-state index in [9.17, 15) is 9.59 Å². The molecular weight excluding hydrogens is 270 g/mol. The number of aryl methyl sites for hydroxylation is 1. The Morgan fingerprint density at radius 2 is 1.90 bits per heavy atom. The lowest BCUT2D eigenvalue weighted by Gasteiger charge is -2.24. The first-order valence-corrected chi connectivity index (χ1v) is 6.93. The first kappa shape index (κ1) is 17.0. The van der Waals surface area contributed by atoms with Gasteiger partial charge in [-0.25, -0.2) is 9.59 Å². The summed E-state index contributed by atoms with van der Waals surface area (Å²) in [6.45, 7) is 7.73. The molecule has 1 amide bonds. The first-order chi connectivity index (χ1) is 9.64. The van der Waals surface area contributed by atoms with Gasteiger partial charge in [-0.2, -0.15) is 0 Å². The number of hydrogen-bond donors (Lipinski definition) is 1. The molecule has 0 aliphatic rings. The normalized spacial score (nSPS) is 11.1. The topological polar surface area (TPSA) is 66.8 Å². The Morgan fingerprint density at radius 3 is 2.38 bits per heavy atom. The number of carboxylic acids is 1. The Balaban J connectivity index is 2.84. The van der Waals surface area contributed by atoms with Crippen LogP contribution in [0.4, 0.5) is 4.79 Å². The molecule has 0 atom stereocenters. The molecule has 1 aromatic rings. The van der Waals surface area contributed by atoms with Crippen molar-refractivity contribution in [1.29, 1.82) is 0 Å². The number of nitrogens with zero attached hydrogens (tertiary/aromatic N) is 1. The Hall–Kier alpha value is -2.04. The molecule has 1 aromatic carbocycles. The largest absolute Gasteiger partial charge is 0.478 e. The Kier molecular flexibility index (Phi) is 5.35. The predicted octanol–water partition coefficient (Wildman–Crippen LogP) is 3.31. The number of carbonyl (C=O) groups excluding carboxylic acids is 1. The van der Waals surface area contributed by atoms with Crippen LogP contribution in [0, 0.1) is 0 Å². The van der Waals surface area contributed by atoms with Crippen LogP contribution in [-0.4, -0.2) is 34.7 Å². The van der Waals surface area contributed by atoms with Crippen molar-refractivity contribution in [2.24, 2.45) is 0 Å². The minimum Gasteiger partial charge on any atom is -0.478 e. The Morgan fingerprint density at radius 1 is 1.29 bits per heavy atom. The lowest BCUT2D eigenvalue weighted by Crippen LogP contribution is -2.33. The molecule has 1 rings (SSSR count). The summed E-state index contributed by atoms with van der Waals surface area (Å²) >= 11 is 0. The summed E-state index contributed by atoms with van der Waals surface area (Å²) in [6, 6.07) is 5.13. The standard InChI is InChI=1S/C16H23NO4/c1-6-12-9-11(7-8-13(12)14(18)19)10-17(5)15(20)21-16(2,3)4/h7-9H,6,10H2,1-5H3,(H,18,19). The molecule has 5 heteroatoms. The molecule has 5 nitrogen and oxygen atoms in total. The van der Waals surface area contributed by atoms with Crippen molar-refractivity contribution in [1.82, 2.24) is 4.90 Å². The zero-order chi connectivity index (χ0) is 16.2. The van der Waals surface area contributed by atoms with E-state index in [1.54, 1.807) is 19.2 Å². The van der Waals surface area contributed by atoms with Crippen molar-refractivity contribution >= 4 is 12.1 Å². The summed E-state index contributed by atoms with van der Waals surface area (Å²) in [7, 11) is 1.66. The zero-order valence-corrected chi connectivity index (χ0v) is 13.3. The number of hydrogen-bond acceptors (Lipinski definition) is 3. The van der Waals surface area contributed by atoms with Crippen LogP contribution in [0.25, 0.3) is 0 Å². The molecule has 0 saturated carbocycles. The van der Waals surface area contributed by atoms with Gasteiger partial charge in [0.1, 0.15) is 5.60 Å². The molecule has 0 bridgehead atoms. The van der Waals surface area contributed by atoms with Gasteiger partial charge in [-0.05, 0) is 44.4 Å². The first-order valence-electron chi connectivity index (χ1n) is 6.93. The number of carboxylic acid groups (broad SMARTS) is 1. The zero-order valence-electron chi connectivity index (χ0n) is 13.3. The third kappa shape index (κ3) is 5.10. The van der Waals surface area contributed by atoms with Gasteiger partial charge in [-0.15, -0.1) is 0 Å². The lowest BCUT2D eigenvalue weighted by atomic mass is 10.0. The van der Waals surface area contributed by atoms with Crippen LogP contribution in [-0.2, 0) is 17.7 Å². The average molecular weight is 293 g/mol. The van der Waals surface area contributed by atoms with E-state index in [2.05, 4.69) is 0 Å². The molecule has 0 aliphatic heterocycles. The molecular formula is C16H23NO4. The molecule has 0 aliphatic carbocycles. The molecule has 0 radical (unpaired) electrons. The van der Waals surface area contributed by atoms with Crippen molar-refractivity contribution in [3.8, 4) is 0 Å². The maximum absolute atomic E-state index is 11.9. The Labute approximate surface area is 125 Å². The summed E-state index contributed by atoms with van der Waals surface area (Å²) in [5.41, 5.74) is 1.41. The fourth-order valence-electron chi connectivity index (χ4n) is 1.92. The van der Waals surface area contributed by atoms with Gasteiger partial charge in [0.25, 0.3) is 0 Å². The highest BCUT2D eigenvalue weighted by Crippen LogP contribution is 2.16. The predicted molar refractivity (Wildman–Crippen MR) is 80.5 cm³/mol. The van der Waals surface area contributed by atoms with E-state index >= 15 is 0 Å². The van der Waals surface area contributed by atoms with Gasteiger partial charge in [0.15, 0.2) is 0 Å². The summed E-state index contributed by atoms with van der Waals surface area (Å²) < 4.78 is 5.28. The number of ether oxygens (including phenoxy) is 1. The minimum atomic E-state index is -0.932. The van der Waals surface area contributed by atoms with Crippen molar-refractivity contribution in [2.75, 3.05) is 7.05 Å². The summed E-state index contributed by atoms with van der Waals surface area (Å²) in [5, 5.41) is 9.10. The van der Waals surface area contributed by atoms with E-state index in [-0.39, 0.29) is 0 Å². The van der Waals surface area contributed by atoms with Crippen molar-refractivity contribution in [3.05, 3.63) is 34.9 Å². The van der Waals surface area contributed by atoms with Crippen molar-refractivity contribution < 1.29 is 19.4 Å². The van der Waals surface area contributed by atoms with E-state index in [0.717, 1.165) is 11.1 Å². The minimum absolute atomic E-state index is 0.307. The molecule has 0 heterocycles. The number of rotatable bonds is 4. The fraction of sp³-hybridized carbons (Fsp3) is 0.500. The van der Waals surface area contributed by atoms with E-state index in [0.29, 0.717) is 18.5 Å². The number of carbonyl (C=O) groups is 2. The number of amides is 1. The Bertz CT molecular complexity index is 532. The third-order valence-electron chi connectivity index (χ3n) is 2.91. The average Bonchev–Trinajstić information content (AvgIpc) is 2.36. The van der Waals surface area contributed by atoms with Crippen LogP contribution in [0.1, 0.15) is 49.2 Å². The van der Waals surface area contributed by atoms with E-state index in [1.165, 1.54) is 4.90 Å². The van der Waals surface area contributed by atoms with Gasteiger partial charge in [0.2, 0.25) is 0 Å². The molecule has 0 spiro atoms. The molecule has 0 saturated heterocycles. The van der Waals surface area contributed by atoms with Gasteiger partial charge in [-0.3, -0.25) is 0 Å². The van der Waals surface area contributed by atoms with Gasteiger partial charge in [0, 0.05) is 13.6 Å². The van der Waals surface area contributed by atoms with Gasteiger partial charge in [-0.1, -0.05) is 19.1 Å². The van der Waals surface area contributed by atoms with Gasteiger partial charge in [0.05, 0.1) is 5.56 Å². The van der Waals surface area contributed by atoms with Crippen LogP contribution >= 0.6 is 0 Å². The lowest BCUT2D eigenvalue weighted by molar-refractivity contribution is 0.0284. The molecule has 1 N–H and O–H groups in total. The highest BCUT2D eigenvalue weighted by Gasteiger charge is 2.20.